The van der Waals surface area contributed by atoms with Gasteiger partial charge in [0, 0.05) is 0 Å². The highest BCUT2D eigenvalue weighted by molar-refractivity contribution is 7.91. The van der Waals surface area contributed by atoms with E-state index in [9.17, 15) is 21.2 Å². The second-order valence-corrected chi connectivity index (χ2v) is 10.2. The minimum Gasteiger partial charge on any atom is -0.341 e. The molecule has 0 spiro atoms. The summed E-state index contributed by atoms with van der Waals surface area (Å²) in [5.41, 5.74) is 1.06. The van der Waals surface area contributed by atoms with Crippen molar-refractivity contribution in [2.75, 3.05) is 17.3 Å². The third-order valence-corrected chi connectivity index (χ3v) is 7.27. The maximum absolute atomic E-state index is 13.1. The van der Waals surface area contributed by atoms with Gasteiger partial charge in [-0.15, -0.1) is 0 Å². The molecule has 2 N–H and O–H groups in total. The van der Waals surface area contributed by atoms with E-state index in [1.54, 1.807) is 0 Å². The van der Waals surface area contributed by atoms with Crippen LogP contribution in [-0.2, 0) is 26.4 Å². The maximum Gasteiger partial charge on any atom is 0.212 e. The van der Waals surface area contributed by atoms with Crippen molar-refractivity contribution in [1.29, 1.82) is 0 Å². The first kappa shape index (κ1) is 17.3. The second-order valence-electron chi connectivity index (χ2n) is 6.04. The number of hydrogen-bond donors (Lipinski definition) is 2. The van der Waals surface area contributed by atoms with Crippen LogP contribution in [0.15, 0.2) is 18.2 Å². The van der Waals surface area contributed by atoms with E-state index in [1.807, 2.05) is 0 Å². The number of hydrogen-bond acceptors (Lipinski definition) is 5. The Labute approximate surface area is 139 Å². The molecule has 1 fully saturated rings. The van der Waals surface area contributed by atoms with E-state index in [1.165, 1.54) is 18.2 Å². The van der Waals surface area contributed by atoms with Gasteiger partial charge in [0.1, 0.15) is 11.6 Å². The Bertz CT molecular complexity index is 954. The lowest BCUT2D eigenvalue weighted by Gasteiger charge is -2.08. The molecule has 2 heterocycles. The van der Waals surface area contributed by atoms with Crippen molar-refractivity contribution in [3.8, 4) is 0 Å². The van der Waals surface area contributed by atoms with Crippen molar-refractivity contribution in [3.63, 3.8) is 0 Å². The standard InChI is InChI=1S/C14H18FN3O4S2/c15-11-1-2-12-13(7-11)18-14(17-12)8-16-24(21,22)6-4-10-3-5-23(19,20)9-10/h1-2,7,10,16H,3-6,8-9H2,(H,17,18). The summed E-state index contributed by atoms with van der Waals surface area (Å²) in [4.78, 5) is 7.04. The molecule has 0 bridgehead atoms. The largest absolute Gasteiger partial charge is 0.341 e. The number of nitrogens with one attached hydrogen (secondary N) is 2. The Kier molecular flexibility index (Phi) is 4.63. The molecule has 1 aliphatic heterocycles. The van der Waals surface area contributed by atoms with Crippen molar-refractivity contribution in [1.82, 2.24) is 14.7 Å². The molecule has 1 aliphatic rings. The van der Waals surface area contributed by atoms with Crippen LogP contribution in [0.3, 0.4) is 0 Å². The van der Waals surface area contributed by atoms with Crippen molar-refractivity contribution < 1.29 is 21.2 Å². The monoisotopic (exact) mass is 375 g/mol. The fourth-order valence-electron chi connectivity index (χ4n) is 2.79. The van der Waals surface area contributed by atoms with Gasteiger partial charge in [-0.05, 0) is 37.0 Å². The number of benzene rings is 1. The van der Waals surface area contributed by atoms with E-state index in [0.717, 1.165) is 0 Å². The summed E-state index contributed by atoms with van der Waals surface area (Å²) >= 11 is 0. The summed E-state index contributed by atoms with van der Waals surface area (Å²) < 4.78 is 62.4. The van der Waals surface area contributed by atoms with Gasteiger partial charge in [-0.2, -0.15) is 0 Å². The Balaban J connectivity index is 1.56. The Hall–Kier alpha value is -1.52. The molecule has 0 amide bonds. The van der Waals surface area contributed by atoms with Gasteiger partial charge in [-0.1, -0.05) is 0 Å². The minimum absolute atomic E-state index is 0.0262. The van der Waals surface area contributed by atoms with Crippen LogP contribution in [0, 0.1) is 11.7 Å². The number of H-pyrrole nitrogens is 1. The van der Waals surface area contributed by atoms with Gasteiger partial charge in [0.15, 0.2) is 9.84 Å². The van der Waals surface area contributed by atoms with Gasteiger partial charge in [-0.25, -0.2) is 30.9 Å². The van der Waals surface area contributed by atoms with E-state index in [2.05, 4.69) is 14.7 Å². The molecule has 1 aromatic heterocycles. The van der Waals surface area contributed by atoms with Crippen LogP contribution in [-0.4, -0.2) is 44.1 Å². The fraction of sp³-hybridized carbons (Fsp3) is 0.500. The third kappa shape index (κ3) is 4.31. The fourth-order valence-corrected chi connectivity index (χ4v) is 5.85. The maximum atomic E-state index is 13.1. The number of fused-ring (bicyclic) bond motifs is 1. The van der Waals surface area contributed by atoms with Crippen molar-refractivity contribution in [2.45, 2.75) is 19.4 Å². The minimum atomic E-state index is -3.53. The van der Waals surface area contributed by atoms with Crippen LogP contribution in [0.2, 0.25) is 0 Å². The SMILES string of the molecule is O=S1(=O)CCC(CCS(=O)(=O)NCc2nc3ccc(F)cc3[nH]2)C1. The molecule has 0 saturated carbocycles. The molecule has 0 aliphatic carbocycles. The molecule has 3 rings (SSSR count). The highest BCUT2D eigenvalue weighted by Crippen LogP contribution is 2.22. The van der Waals surface area contributed by atoms with E-state index < -0.39 is 25.7 Å². The molecule has 0 radical (unpaired) electrons. The number of aromatic amines is 1. The Morgan fingerprint density at radius 2 is 2.17 bits per heavy atom. The number of sulfonamides is 1. The van der Waals surface area contributed by atoms with Crippen LogP contribution in [0.5, 0.6) is 0 Å². The number of imidazole rings is 1. The average Bonchev–Trinajstić information content (AvgIpc) is 3.05. The normalized spacial score (nSPS) is 20.6. The highest BCUT2D eigenvalue weighted by Gasteiger charge is 2.28. The van der Waals surface area contributed by atoms with Crippen LogP contribution < -0.4 is 4.72 Å². The summed E-state index contributed by atoms with van der Waals surface area (Å²) in [6, 6.07) is 4.09. The number of rotatable bonds is 6. The quantitative estimate of drug-likeness (QED) is 0.781. The van der Waals surface area contributed by atoms with Crippen LogP contribution in [0.1, 0.15) is 18.7 Å². The summed E-state index contributed by atoms with van der Waals surface area (Å²) in [5, 5.41) is 0. The number of sulfone groups is 1. The zero-order chi connectivity index (χ0) is 17.4. The molecule has 1 aromatic carbocycles. The lowest BCUT2D eigenvalue weighted by atomic mass is 10.1. The molecule has 7 nitrogen and oxygen atoms in total. The molecule has 1 unspecified atom stereocenters. The number of nitrogens with zero attached hydrogens (tertiary/aromatic N) is 1. The van der Waals surface area contributed by atoms with Crippen LogP contribution >= 0.6 is 0 Å². The van der Waals surface area contributed by atoms with E-state index in [4.69, 9.17) is 0 Å². The Morgan fingerprint density at radius 3 is 2.88 bits per heavy atom. The molecule has 1 atom stereocenters. The van der Waals surface area contributed by atoms with Gasteiger partial charge >= 0.3 is 0 Å². The molecular weight excluding hydrogens is 357 g/mol. The lowest BCUT2D eigenvalue weighted by molar-refractivity contribution is 0.543. The summed E-state index contributed by atoms with van der Waals surface area (Å²) in [6.45, 7) is -0.0262. The van der Waals surface area contributed by atoms with E-state index in [0.29, 0.717) is 29.7 Å². The first-order valence-corrected chi connectivity index (χ1v) is 11.0. The van der Waals surface area contributed by atoms with Crippen LogP contribution in [0.4, 0.5) is 4.39 Å². The molecular formula is C14H18FN3O4S2. The van der Waals surface area contributed by atoms with Crippen molar-refractivity contribution in [2.24, 2.45) is 5.92 Å². The second kappa shape index (κ2) is 6.41. The predicted octanol–water partition coefficient (Wildman–Crippen LogP) is 0.946. The zero-order valence-corrected chi connectivity index (χ0v) is 14.5. The molecule has 10 heteroatoms. The topological polar surface area (TPSA) is 109 Å². The summed E-state index contributed by atoms with van der Waals surface area (Å²) in [6.07, 6.45) is 0.840. The predicted molar refractivity (Wildman–Crippen MR) is 88.1 cm³/mol. The third-order valence-electron chi connectivity index (χ3n) is 4.07. The smallest absolute Gasteiger partial charge is 0.212 e. The van der Waals surface area contributed by atoms with Crippen molar-refractivity contribution >= 4 is 30.9 Å². The lowest BCUT2D eigenvalue weighted by Crippen LogP contribution is -2.27. The average molecular weight is 375 g/mol. The molecule has 2 aromatic rings. The first-order valence-electron chi connectivity index (χ1n) is 7.54. The van der Waals surface area contributed by atoms with Crippen LogP contribution in [0.25, 0.3) is 11.0 Å². The number of halogens is 1. The number of aromatic nitrogens is 2. The Morgan fingerprint density at radius 1 is 1.38 bits per heavy atom. The highest BCUT2D eigenvalue weighted by atomic mass is 32.2. The van der Waals surface area contributed by atoms with Gasteiger partial charge < -0.3 is 4.98 Å². The van der Waals surface area contributed by atoms with Gasteiger partial charge in [0.2, 0.25) is 10.0 Å². The zero-order valence-electron chi connectivity index (χ0n) is 12.8. The first-order chi connectivity index (χ1) is 11.2. The van der Waals surface area contributed by atoms with Crippen molar-refractivity contribution in [3.05, 3.63) is 29.8 Å². The molecule has 1 saturated heterocycles. The summed E-state index contributed by atoms with van der Waals surface area (Å²) in [5.74, 6) is -0.0198. The van der Waals surface area contributed by atoms with E-state index >= 15 is 0 Å². The molecule has 132 valence electrons. The van der Waals surface area contributed by atoms with E-state index in [-0.39, 0.29) is 29.7 Å². The summed E-state index contributed by atoms with van der Waals surface area (Å²) in [7, 11) is -6.53. The van der Waals surface area contributed by atoms with Gasteiger partial charge in [-0.3, -0.25) is 0 Å². The molecule has 24 heavy (non-hydrogen) atoms. The van der Waals surface area contributed by atoms with Gasteiger partial charge in [0.05, 0.1) is 34.8 Å². The van der Waals surface area contributed by atoms with Gasteiger partial charge in [0.25, 0.3) is 0 Å².